The van der Waals surface area contributed by atoms with Crippen LogP contribution in [0.15, 0.2) is 43.0 Å². The summed E-state index contributed by atoms with van der Waals surface area (Å²) in [6.07, 6.45) is 1.71. The number of hydrogen-bond acceptors (Lipinski definition) is 1. The van der Waals surface area contributed by atoms with Gasteiger partial charge in [0, 0.05) is 18.8 Å². The highest BCUT2D eigenvalue weighted by molar-refractivity contribution is 5.92. The van der Waals surface area contributed by atoms with Crippen molar-refractivity contribution in [3.63, 3.8) is 0 Å². The minimum atomic E-state index is -0.0939. The number of urea groups is 1. The lowest BCUT2D eigenvalue weighted by atomic mass is 10.3. The number of nitrogens with zero attached hydrogens (tertiary/aromatic N) is 1. The number of hydrogen-bond donors (Lipinski definition) is 1. The van der Waals surface area contributed by atoms with E-state index in [0.717, 1.165) is 5.69 Å². The van der Waals surface area contributed by atoms with Gasteiger partial charge in [-0.25, -0.2) is 4.79 Å². The number of nitrogens with one attached hydrogen (secondary N) is 1. The lowest BCUT2D eigenvalue weighted by Gasteiger charge is -2.21. The average molecular weight is 204 g/mol. The van der Waals surface area contributed by atoms with Gasteiger partial charge in [-0.1, -0.05) is 24.3 Å². The zero-order valence-corrected chi connectivity index (χ0v) is 8.94. The molecule has 0 atom stereocenters. The van der Waals surface area contributed by atoms with Crippen molar-refractivity contribution in [2.24, 2.45) is 0 Å². The zero-order chi connectivity index (χ0) is 11.1. The van der Waals surface area contributed by atoms with Crippen molar-refractivity contribution in [3.8, 4) is 0 Å². The van der Waals surface area contributed by atoms with Crippen LogP contribution < -0.4 is 10.2 Å². The number of amides is 2. The van der Waals surface area contributed by atoms with E-state index in [0.29, 0.717) is 13.1 Å². The number of carbonyl (C=O) groups is 1. The van der Waals surface area contributed by atoms with E-state index in [1.165, 1.54) is 0 Å². The number of rotatable bonds is 4. The highest BCUT2D eigenvalue weighted by Gasteiger charge is 2.11. The van der Waals surface area contributed by atoms with Crippen molar-refractivity contribution in [1.29, 1.82) is 0 Å². The van der Waals surface area contributed by atoms with Gasteiger partial charge in [0.25, 0.3) is 0 Å². The van der Waals surface area contributed by atoms with Gasteiger partial charge in [-0.15, -0.1) is 6.58 Å². The molecule has 0 aliphatic heterocycles. The van der Waals surface area contributed by atoms with Crippen molar-refractivity contribution in [2.75, 3.05) is 18.0 Å². The largest absolute Gasteiger partial charge is 0.338 e. The van der Waals surface area contributed by atoms with Gasteiger partial charge in [0.15, 0.2) is 0 Å². The molecule has 0 aliphatic carbocycles. The van der Waals surface area contributed by atoms with Crippen molar-refractivity contribution >= 4 is 11.7 Å². The van der Waals surface area contributed by atoms with Crippen LogP contribution in [0.5, 0.6) is 0 Å². The summed E-state index contributed by atoms with van der Waals surface area (Å²) in [6.45, 7) is 6.68. The first-order chi connectivity index (χ1) is 7.29. The monoisotopic (exact) mass is 204 g/mol. The Morgan fingerprint density at radius 1 is 1.47 bits per heavy atom. The minimum Gasteiger partial charge on any atom is -0.338 e. The molecule has 3 heteroatoms. The number of carbonyl (C=O) groups excluding carboxylic acids is 1. The van der Waals surface area contributed by atoms with Crippen LogP contribution in [0.3, 0.4) is 0 Å². The Labute approximate surface area is 90.4 Å². The van der Waals surface area contributed by atoms with E-state index in [2.05, 4.69) is 11.9 Å². The fourth-order valence-corrected chi connectivity index (χ4v) is 1.29. The normalized spacial score (nSPS) is 9.40. The molecule has 1 aromatic carbocycles. The van der Waals surface area contributed by atoms with E-state index in [9.17, 15) is 4.79 Å². The standard InChI is InChI=1S/C12H16N2O/c1-3-10-14(12(15)13-4-2)11-8-6-5-7-9-11/h3,5-9H,1,4,10H2,2H3,(H,13,15). The van der Waals surface area contributed by atoms with Gasteiger partial charge in [-0.2, -0.15) is 0 Å². The maximum Gasteiger partial charge on any atom is 0.322 e. The lowest BCUT2D eigenvalue weighted by Crippen LogP contribution is -2.40. The Morgan fingerprint density at radius 3 is 2.67 bits per heavy atom. The molecule has 1 N–H and O–H groups in total. The van der Waals surface area contributed by atoms with Gasteiger partial charge in [-0.05, 0) is 19.1 Å². The molecule has 0 spiro atoms. The second kappa shape index (κ2) is 5.86. The SMILES string of the molecule is C=CCN(C(=O)NCC)c1ccccc1. The Morgan fingerprint density at radius 2 is 2.13 bits per heavy atom. The van der Waals surface area contributed by atoms with E-state index in [1.807, 2.05) is 37.3 Å². The van der Waals surface area contributed by atoms with E-state index >= 15 is 0 Å². The van der Waals surface area contributed by atoms with Crippen LogP contribution in [-0.2, 0) is 0 Å². The van der Waals surface area contributed by atoms with Crippen molar-refractivity contribution in [1.82, 2.24) is 5.32 Å². The summed E-state index contributed by atoms with van der Waals surface area (Å²) in [4.78, 5) is 13.3. The molecule has 0 unspecified atom stereocenters. The van der Waals surface area contributed by atoms with Crippen LogP contribution in [0.4, 0.5) is 10.5 Å². The molecule has 0 heterocycles. The van der Waals surface area contributed by atoms with Crippen LogP contribution in [0.2, 0.25) is 0 Å². The molecule has 0 fully saturated rings. The maximum atomic E-state index is 11.7. The molecule has 0 radical (unpaired) electrons. The average Bonchev–Trinajstić information content (AvgIpc) is 2.27. The van der Waals surface area contributed by atoms with E-state index < -0.39 is 0 Å². The fourth-order valence-electron chi connectivity index (χ4n) is 1.29. The highest BCUT2D eigenvalue weighted by atomic mass is 16.2. The second-order valence-electron chi connectivity index (χ2n) is 3.07. The van der Waals surface area contributed by atoms with E-state index in [1.54, 1.807) is 11.0 Å². The van der Waals surface area contributed by atoms with Crippen molar-refractivity contribution < 1.29 is 4.79 Å². The first kappa shape index (κ1) is 11.3. The van der Waals surface area contributed by atoms with Gasteiger partial charge < -0.3 is 5.32 Å². The number of para-hydroxylation sites is 1. The first-order valence-corrected chi connectivity index (χ1v) is 5.01. The predicted molar refractivity (Wildman–Crippen MR) is 63.1 cm³/mol. The molecule has 0 bridgehead atoms. The van der Waals surface area contributed by atoms with Crippen molar-refractivity contribution in [2.45, 2.75) is 6.92 Å². The van der Waals surface area contributed by atoms with E-state index in [-0.39, 0.29) is 6.03 Å². The van der Waals surface area contributed by atoms with Gasteiger partial charge >= 0.3 is 6.03 Å². The first-order valence-electron chi connectivity index (χ1n) is 5.01. The molecule has 0 aliphatic rings. The third-order valence-corrected chi connectivity index (χ3v) is 1.95. The summed E-state index contributed by atoms with van der Waals surface area (Å²) in [7, 11) is 0. The van der Waals surface area contributed by atoms with Crippen LogP contribution in [-0.4, -0.2) is 19.1 Å². The molecule has 0 saturated carbocycles. The molecule has 1 rings (SSSR count). The second-order valence-corrected chi connectivity index (χ2v) is 3.07. The third kappa shape index (κ3) is 3.13. The quantitative estimate of drug-likeness (QED) is 0.750. The molecule has 80 valence electrons. The molecule has 0 saturated heterocycles. The summed E-state index contributed by atoms with van der Waals surface area (Å²) in [6, 6.07) is 9.45. The smallest absolute Gasteiger partial charge is 0.322 e. The molecule has 3 nitrogen and oxygen atoms in total. The van der Waals surface area contributed by atoms with Gasteiger partial charge in [-0.3, -0.25) is 4.90 Å². The molecule has 2 amide bonds. The summed E-state index contributed by atoms with van der Waals surface area (Å²) in [5, 5.41) is 2.77. The number of benzene rings is 1. The Hall–Kier alpha value is -1.77. The lowest BCUT2D eigenvalue weighted by molar-refractivity contribution is 0.247. The van der Waals surface area contributed by atoms with Crippen molar-refractivity contribution in [3.05, 3.63) is 43.0 Å². The summed E-state index contributed by atoms with van der Waals surface area (Å²) in [5.41, 5.74) is 0.878. The summed E-state index contributed by atoms with van der Waals surface area (Å²) >= 11 is 0. The Bertz CT molecular complexity index is 322. The Balaban J connectivity index is 2.82. The van der Waals surface area contributed by atoms with Crippen LogP contribution >= 0.6 is 0 Å². The fraction of sp³-hybridized carbons (Fsp3) is 0.250. The van der Waals surface area contributed by atoms with Crippen LogP contribution in [0, 0.1) is 0 Å². The molecular weight excluding hydrogens is 188 g/mol. The highest BCUT2D eigenvalue weighted by Crippen LogP contribution is 2.12. The minimum absolute atomic E-state index is 0.0939. The van der Waals surface area contributed by atoms with Gasteiger partial charge in [0.2, 0.25) is 0 Å². The van der Waals surface area contributed by atoms with Crippen LogP contribution in [0.1, 0.15) is 6.92 Å². The zero-order valence-electron chi connectivity index (χ0n) is 8.94. The predicted octanol–water partition coefficient (Wildman–Crippen LogP) is 2.41. The van der Waals surface area contributed by atoms with Gasteiger partial charge in [0.05, 0.1) is 0 Å². The molecular formula is C12H16N2O. The molecule has 1 aromatic rings. The number of anilines is 1. The van der Waals surface area contributed by atoms with Gasteiger partial charge in [0.1, 0.15) is 0 Å². The van der Waals surface area contributed by atoms with Crippen LogP contribution in [0.25, 0.3) is 0 Å². The summed E-state index contributed by atoms with van der Waals surface area (Å²) < 4.78 is 0. The summed E-state index contributed by atoms with van der Waals surface area (Å²) in [5.74, 6) is 0. The molecule has 0 aromatic heterocycles. The molecule has 15 heavy (non-hydrogen) atoms. The maximum absolute atomic E-state index is 11.7. The third-order valence-electron chi connectivity index (χ3n) is 1.95. The topological polar surface area (TPSA) is 32.3 Å². The van der Waals surface area contributed by atoms with E-state index in [4.69, 9.17) is 0 Å². The Kier molecular flexibility index (Phi) is 4.41.